The Bertz CT molecular complexity index is 215. The second-order valence-corrected chi connectivity index (χ2v) is 5.87. The first-order valence-corrected chi connectivity index (χ1v) is 8.11. The zero-order valence-corrected chi connectivity index (χ0v) is 11.6. The Labute approximate surface area is 109 Å². The smallest absolute Gasteiger partial charge is 0.320 e. The van der Waals surface area contributed by atoms with Crippen molar-refractivity contribution in [2.45, 2.75) is 63.5 Å². The number of carboxylic acid groups (broad SMARTS) is 1. The quantitative estimate of drug-likeness (QED) is 0.545. The average Bonchev–Trinajstić information content (AvgIpc) is 2.56. The topological polar surface area (TPSA) is 49.3 Å². The van der Waals surface area contributed by atoms with Crippen LogP contribution in [0.3, 0.4) is 0 Å². The van der Waals surface area contributed by atoms with Gasteiger partial charge in [-0.25, -0.2) is 0 Å². The summed E-state index contributed by atoms with van der Waals surface area (Å²) in [7, 11) is 0. The number of carbonyl (C=O) groups is 1. The van der Waals surface area contributed by atoms with Gasteiger partial charge in [-0.3, -0.25) is 4.79 Å². The Morgan fingerprint density at radius 2 is 2.00 bits per heavy atom. The van der Waals surface area contributed by atoms with Gasteiger partial charge >= 0.3 is 5.97 Å². The number of thioether (sulfide) groups is 1. The predicted octanol–water partition coefficient (Wildman–Crippen LogP) is 2.90. The number of hydrogen-bond acceptors (Lipinski definition) is 3. The molecule has 0 saturated heterocycles. The molecule has 0 spiro atoms. The van der Waals surface area contributed by atoms with E-state index in [9.17, 15) is 9.90 Å². The molecule has 100 valence electrons. The Morgan fingerprint density at radius 1 is 1.35 bits per heavy atom. The van der Waals surface area contributed by atoms with Crippen LogP contribution in [-0.4, -0.2) is 35.2 Å². The van der Waals surface area contributed by atoms with Gasteiger partial charge in [0.05, 0.1) is 0 Å². The van der Waals surface area contributed by atoms with Crippen molar-refractivity contribution in [3.05, 3.63) is 0 Å². The normalized spacial score (nSPS) is 19.8. The molecule has 0 heterocycles. The number of aliphatic carboxylic acids is 1. The van der Waals surface area contributed by atoms with Gasteiger partial charge in [0, 0.05) is 6.04 Å². The van der Waals surface area contributed by atoms with Crippen molar-refractivity contribution in [2.75, 3.05) is 12.0 Å². The van der Waals surface area contributed by atoms with Crippen LogP contribution in [0.15, 0.2) is 0 Å². The molecule has 1 saturated carbocycles. The fourth-order valence-electron chi connectivity index (χ4n) is 2.44. The fourth-order valence-corrected chi connectivity index (χ4v) is 2.90. The zero-order chi connectivity index (χ0) is 12.5. The Hall–Kier alpha value is -0.220. The molecule has 0 aliphatic heterocycles. The van der Waals surface area contributed by atoms with Crippen LogP contribution in [-0.2, 0) is 4.79 Å². The monoisotopic (exact) mass is 259 g/mol. The molecule has 0 aromatic heterocycles. The maximum absolute atomic E-state index is 11.2. The molecule has 1 atom stereocenters. The summed E-state index contributed by atoms with van der Waals surface area (Å²) in [6, 6.07) is 0.0816. The van der Waals surface area contributed by atoms with Crippen molar-refractivity contribution in [3.63, 3.8) is 0 Å². The molecule has 2 N–H and O–H groups in total. The van der Waals surface area contributed by atoms with Crippen LogP contribution in [0.25, 0.3) is 0 Å². The Balaban J connectivity index is 2.33. The van der Waals surface area contributed by atoms with Gasteiger partial charge in [0.25, 0.3) is 0 Å². The number of nitrogens with one attached hydrogen (secondary N) is 1. The Morgan fingerprint density at radius 3 is 2.53 bits per heavy atom. The van der Waals surface area contributed by atoms with E-state index in [0.717, 1.165) is 31.4 Å². The van der Waals surface area contributed by atoms with Gasteiger partial charge in [0.1, 0.15) is 6.04 Å². The molecule has 4 heteroatoms. The van der Waals surface area contributed by atoms with E-state index < -0.39 is 5.97 Å². The van der Waals surface area contributed by atoms with Crippen LogP contribution in [0.4, 0.5) is 0 Å². The average molecular weight is 259 g/mol. The molecule has 0 amide bonds. The second-order valence-electron chi connectivity index (χ2n) is 4.88. The highest BCUT2D eigenvalue weighted by Gasteiger charge is 2.21. The predicted molar refractivity (Wildman–Crippen MR) is 73.7 cm³/mol. The van der Waals surface area contributed by atoms with E-state index in [1.54, 1.807) is 11.8 Å². The molecule has 0 aromatic rings. The van der Waals surface area contributed by atoms with Gasteiger partial charge in [-0.1, -0.05) is 25.7 Å². The lowest BCUT2D eigenvalue weighted by atomic mass is 10.1. The van der Waals surface area contributed by atoms with E-state index in [0.29, 0.717) is 6.04 Å². The first-order chi connectivity index (χ1) is 8.24. The lowest BCUT2D eigenvalue weighted by Crippen LogP contribution is -2.43. The fraction of sp³-hybridized carbons (Fsp3) is 0.923. The second kappa shape index (κ2) is 8.81. The van der Waals surface area contributed by atoms with E-state index in [1.165, 1.54) is 25.7 Å². The summed E-state index contributed by atoms with van der Waals surface area (Å²) in [5, 5.41) is 12.5. The molecule has 17 heavy (non-hydrogen) atoms. The number of carboxylic acids is 1. The first-order valence-electron chi connectivity index (χ1n) is 6.72. The first kappa shape index (κ1) is 14.8. The van der Waals surface area contributed by atoms with E-state index in [4.69, 9.17) is 0 Å². The summed E-state index contributed by atoms with van der Waals surface area (Å²) in [6.07, 6.45) is 11.2. The molecular weight excluding hydrogens is 234 g/mol. The SMILES string of the molecule is CSCCCC(NC1CCCCCC1)C(=O)O. The highest BCUT2D eigenvalue weighted by atomic mass is 32.2. The standard InChI is InChI=1S/C13H25NO2S/c1-17-10-6-9-12(13(15)16)14-11-7-4-2-3-5-8-11/h11-12,14H,2-10H2,1H3,(H,15,16). The van der Waals surface area contributed by atoms with Crippen LogP contribution in [0.1, 0.15) is 51.4 Å². The minimum atomic E-state index is -0.685. The van der Waals surface area contributed by atoms with Gasteiger partial charge in [-0.15, -0.1) is 0 Å². The molecule has 3 nitrogen and oxygen atoms in total. The molecule has 1 aliphatic carbocycles. The van der Waals surface area contributed by atoms with Gasteiger partial charge < -0.3 is 10.4 Å². The third kappa shape index (κ3) is 6.32. The van der Waals surface area contributed by atoms with Crippen molar-refractivity contribution >= 4 is 17.7 Å². The van der Waals surface area contributed by atoms with Crippen LogP contribution in [0.2, 0.25) is 0 Å². The summed E-state index contributed by atoms with van der Waals surface area (Å²) in [4.78, 5) is 11.2. The van der Waals surface area contributed by atoms with Crippen molar-refractivity contribution in [1.82, 2.24) is 5.32 Å². The van der Waals surface area contributed by atoms with Crippen molar-refractivity contribution in [1.29, 1.82) is 0 Å². The molecule has 1 unspecified atom stereocenters. The molecular formula is C13H25NO2S. The summed E-state index contributed by atoms with van der Waals surface area (Å²) >= 11 is 1.78. The van der Waals surface area contributed by atoms with Crippen molar-refractivity contribution in [2.24, 2.45) is 0 Å². The lowest BCUT2D eigenvalue weighted by Gasteiger charge is -2.22. The molecule has 1 fully saturated rings. The summed E-state index contributed by atoms with van der Waals surface area (Å²) in [5.41, 5.74) is 0. The highest BCUT2D eigenvalue weighted by molar-refractivity contribution is 7.98. The highest BCUT2D eigenvalue weighted by Crippen LogP contribution is 2.18. The maximum Gasteiger partial charge on any atom is 0.320 e. The van der Waals surface area contributed by atoms with Crippen molar-refractivity contribution in [3.8, 4) is 0 Å². The van der Waals surface area contributed by atoms with E-state index >= 15 is 0 Å². The summed E-state index contributed by atoms with van der Waals surface area (Å²) in [5.74, 6) is 0.367. The van der Waals surface area contributed by atoms with Crippen LogP contribution < -0.4 is 5.32 Å². The molecule has 0 bridgehead atoms. The number of rotatable bonds is 7. The minimum Gasteiger partial charge on any atom is -0.480 e. The molecule has 0 aromatic carbocycles. The summed E-state index contributed by atoms with van der Waals surface area (Å²) < 4.78 is 0. The van der Waals surface area contributed by atoms with Crippen molar-refractivity contribution < 1.29 is 9.90 Å². The lowest BCUT2D eigenvalue weighted by molar-refractivity contribution is -0.139. The maximum atomic E-state index is 11.2. The third-order valence-corrected chi connectivity index (χ3v) is 4.13. The third-order valence-electron chi connectivity index (χ3n) is 3.43. The number of hydrogen-bond donors (Lipinski definition) is 2. The van der Waals surface area contributed by atoms with Gasteiger partial charge in [-0.05, 0) is 37.7 Å². The van der Waals surface area contributed by atoms with E-state index in [1.807, 2.05) is 0 Å². The van der Waals surface area contributed by atoms with Crippen LogP contribution in [0.5, 0.6) is 0 Å². The molecule has 0 radical (unpaired) electrons. The van der Waals surface area contributed by atoms with Crippen LogP contribution in [0, 0.1) is 0 Å². The van der Waals surface area contributed by atoms with Gasteiger partial charge in [0.2, 0.25) is 0 Å². The molecule has 1 aliphatic rings. The summed E-state index contributed by atoms with van der Waals surface area (Å²) in [6.45, 7) is 0. The van der Waals surface area contributed by atoms with E-state index in [2.05, 4.69) is 11.6 Å². The molecule has 1 rings (SSSR count). The zero-order valence-electron chi connectivity index (χ0n) is 10.8. The van der Waals surface area contributed by atoms with Crippen LogP contribution >= 0.6 is 11.8 Å². The van der Waals surface area contributed by atoms with Gasteiger partial charge in [-0.2, -0.15) is 11.8 Å². The largest absolute Gasteiger partial charge is 0.480 e. The van der Waals surface area contributed by atoms with E-state index in [-0.39, 0.29) is 6.04 Å². The Kier molecular flexibility index (Phi) is 7.69. The minimum absolute atomic E-state index is 0.342. The van der Waals surface area contributed by atoms with Gasteiger partial charge in [0.15, 0.2) is 0 Å².